The van der Waals surface area contributed by atoms with E-state index in [1.54, 1.807) is 0 Å². The first-order valence-corrected chi connectivity index (χ1v) is 11.2. The SMILES string of the molecule is CCCc1nc(CC(C)C)c(C(=O)O)n1Cc1ccc(-c2ccccc2-c2nn[nH]n2)cc1. The van der Waals surface area contributed by atoms with Crippen molar-refractivity contribution in [2.24, 2.45) is 5.92 Å². The van der Waals surface area contributed by atoms with Gasteiger partial charge in [-0.05, 0) is 40.7 Å². The molecule has 0 aliphatic carbocycles. The molecule has 4 rings (SSSR count). The molecule has 0 atom stereocenters. The minimum Gasteiger partial charge on any atom is -0.477 e. The number of aromatic carboxylic acids is 1. The molecule has 2 aromatic heterocycles. The Morgan fingerprint density at radius 1 is 1.09 bits per heavy atom. The van der Waals surface area contributed by atoms with E-state index in [4.69, 9.17) is 4.98 Å². The summed E-state index contributed by atoms with van der Waals surface area (Å²) in [7, 11) is 0. The van der Waals surface area contributed by atoms with Gasteiger partial charge in [0.1, 0.15) is 5.82 Å². The van der Waals surface area contributed by atoms with Crippen molar-refractivity contribution in [2.45, 2.75) is 46.6 Å². The molecule has 0 unspecified atom stereocenters. The topological polar surface area (TPSA) is 110 Å². The quantitative estimate of drug-likeness (QED) is 0.390. The standard InChI is InChI=1S/C25H28N6O2/c1-4-7-22-26-21(14-16(2)3)23(25(32)33)31(22)15-17-10-12-18(13-11-17)19-8-5-6-9-20(19)24-27-29-30-28-24/h5-6,8-13,16H,4,7,14-15H2,1-3H3,(H,32,33)(H,27,28,29,30). The number of hydrogen-bond donors (Lipinski definition) is 2. The largest absolute Gasteiger partial charge is 0.477 e. The second-order valence-electron chi connectivity index (χ2n) is 8.54. The number of aryl methyl sites for hydroxylation is 1. The first kappa shape index (κ1) is 22.4. The highest BCUT2D eigenvalue weighted by atomic mass is 16.4. The van der Waals surface area contributed by atoms with E-state index in [0.29, 0.717) is 36.1 Å². The number of tetrazole rings is 1. The van der Waals surface area contributed by atoms with Gasteiger partial charge in [-0.3, -0.25) is 0 Å². The first-order chi connectivity index (χ1) is 16.0. The van der Waals surface area contributed by atoms with Crippen LogP contribution in [0.25, 0.3) is 22.5 Å². The van der Waals surface area contributed by atoms with Crippen molar-refractivity contribution in [3.8, 4) is 22.5 Å². The summed E-state index contributed by atoms with van der Waals surface area (Å²) in [4.78, 5) is 16.9. The fourth-order valence-electron chi connectivity index (χ4n) is 4.08. The van der Waals surface area contributed by atoms with Crippen LogP contribution in [-0.2, 0) is 19.4 Å². The Bertz CT molecular complexity index is 1230. The second kappa shape index (κ2) is 9.77. The number of nitrogens with zero attached hydrogens (tertiary/aromatic N) is 5. The highest BCUT2D eigenvalue weighted by molar-refractivity contribution is 5.87. The Morgan fingerprint density at radius 2 is 1.82 bits per heavy atom. The van der Waals surface area contributed by atoms with Crippen molar-refractivity contribution in [1.82, 2.24) is 30.2 Å². The maximum Gasteiger partial charge on any atom is 0.354 e. The zero-order chi connectivity index (χ0) is 23.4. The zero-order valence-corrected chi connectivity index (χ0v) is 19.1. The van der Waals surface area contributed by atoms with E-state index < -0.39 is 5.97 Å². The number of hydrogen-bond acceptors (Lipinski definition) is 5. The van der Waals surface area contributed by atoms with Crippen LogP contribution >= 0.6 is 0 Å². The van der Waals surface area contributed by atoms with E-state index in [9.17, 15) is 9.90 Å². The second-order valence-corrected chi connectivity index (χ2v) is 8.54. The van der Waals surface area contributed by atoms with Crippen LogP contribution in [0, 0.1) is 5.92 Å². The predicted molar refractivity (Wildman–Crippen MR) is 126 cm³/mol. The van der Waals surface area contributed by atoms with Crippen LogP contribution in [0.4, 0.5) is 0 Å². The summed E-state index contributed by atoms with van der Waals surface area (Å²) in [6.45, 7) is 6.71. The molecule has 0 amide bonds. The van der Waals surface area contributed by atoms with Crippen molar-refractivity contribution >= 4 is 5.97 Å². The summed E-state index contributed by atoms with van der Waals surface area (Å²) >= 11 is 0. The summed E-state index contributed by atoms with van der Waals surface area (Å²) in [6.07, 6.45) is 2.30. The maximum atomic E-state index is 12.1. The molecule has 8 heteroatoms. The van der Waals surface area contributed by atoms with E-state index in [1.165, 1.54) is 0 Å². The van der Waals surface area contributed by atoms with Crippen LogP contribution in [0.2, 0.25) is 0 Å². The molecule has 2 heterocycles. The number of carboxylic acid groups (broad SMARTS) is 1. The molecule has 0 radical (unpaired) electrons. The Balaban J connectivity index is 1.67. The fourth-order valence-corrected chi connectivity index (χ4v) is 4.08. The molecule has 170 valence electrons. The molecule has 0 saturated heterocycles. The highest BCUT2D eigenvalue weighted by Crippen LogP contribution is 2.30. The minimum absolute atomic E-state index is 0.304. The third-order valence-electron chi connectivity index (χ3n) is 5.52. The van der Waals surface area contributed by atoms with Gasteiger partial charge in [-0.1, -0.05) is 69.3 Å². The maximum absolute atomic E-state index is 12.1. The van der Waals surface area contributed by atoms with Crippen LogP contribution < -0.4 is 0 Å². The number of aromatic amines is 1. The van der Waals surface area contributed by atoms with Gasteiger partial charge in [-0.2, -0.15) is 5.21 Å². The van der Waals surface area contributed by atoms with Crippen LogP contribution in [0.5, 0.6) is 0 Å². The van der Waals surface area contributed by atoms with Gasteiger partial charge in [0.05, 0.1) is 5.69 Å². The Hall–Kier alpha value is -3.81. The van der Waals surface area contributed by atoms with Crippen molar-refractivity contribution in [1.29, 1.82) is 0 Å². The van der Waals surface area contributed by atoms with Crippen LogP contribution in [0.3, 0.4) is 0 Å². The Labute approximate surface area is 192 Å². The molecular formula is C25H28N6O2. The van der Waals surface area contributed by atoms with E-state index in [2.05, 4.69) is 41.4 Å². The summed E-state index contributed by atoms with van der Waals surface area (Å²) in [6, 6.07) is 16.1. The van der Waals surface area contributed by atoms with Gasteiger partial charge in [0.2, 0.25) is 5.82 Å². The summed E-state index contributed by atoms with van der Waals surface area (Å²) < 4.78 is 1.87. The lowest BCUT2D eigenvalue weighted by atomic mass is 9.98. The smallest absolute Gasteiger partial charge is 0.354 e. The van der Waals surface area contributed by atoms with Gasteiger partial charge in [0, 0.05) is 18.5 Å². The summed E-state index contributed by atoms with van der Waals surface area (Å²) in [5.41, 5.74) is 4.92. The fraction of sp³-hybridized carbons (Fsp3) is 0.320. The van der Waals surface area contributed by atoms with E-state index >= 15 is 0 Å². The number of H-pyrrole nitrogens is 1. The average Bonchev–Trinajstić information content (AvgIpc) is 3.43. The molecule has 0 bridgehead atoms. The lowest BCUT2D eigenvalue weighted by molar-refractivity contribution is 0.0683. The van der Waals surface area contributed by atoms with Gasteiger partial charge in [0.25, 0.3) is 0 Å². The minimum atomic E-state index is -0.925. The van der Waals surface area contributed by atoms with Gasteiger partial charge in [-0.15, -0.1) is 10.2 Å². The third kappa shape index (κ3) is 4.84. The first-order valence-electron chi connectivity index (χ1n) is 11.2. The van der Waals surface area contributed by atoms with E-state index in [0.717, 1.165) is 40.9 Å². The van der Waals surface area contributed by atoms with E-state index in [-0.39, 0.29) is 0 Å². The molecule has 4 aromatic rings. The number of benzene rings is 2. The molecule has 0 saturated carbocycles. The molecule has 2 N–H and O–H groups in total. The average molecular weight is 445 g/mol. The van der Waals surface area contributed by atoms with Crippen LogP contribution in [-0.4, -0.2) is 41.3 Å². The summed E-state index contributed by atoms with van der Waals surface area (Å²) in [5.74, 6) is 0.781. The lowest BCUT2D eigenvalue weighted by Gasteiger charge is -2.12. The normalized spacial score (nSPS) is 11.3. The van der Waals surface area contributed by atoms with Crippen molar-refractivity contribution in [3.63, 3.8) is 0 Å². The van der Waals surface area contributed by atoms with Gasteiger partial charge in [0.15, 0.2) is 5.69 Å². The molecule has 0 aliphatic heterocycles. The molecule has 2 aromatic carbocycles. The van der Waals surface area contributed by atoms with E-state index in [1.807, 2.05) is 53.1 Å². The van der Waals surface area contributed by atoms with Gasteiger partial charge in [-0.25, -0.2) is 9.78 Å². The van der Waals surface area contributed by atoms with Gasteiger partial charge < -0.3 is 9.67 Å². The molecule has 0 fully saturated rings. The predicted octanol–water partition coefficient (Wildman–Crippen LogP) is 4.63. The molecular weight excluding hydrogens is 416 g/mol. The highest BCUT2D eigenvalue weighted by Gasteiger charge is 2.23. The number of rotatable bonds is 9. The van der Waals surface area contributed by atoms with Crippen molar-refractivity contribution in [2.75, 3.05) is 0 Å². The summed E-state index contributed by atoms with van der Waals surface area (Å²) in [5, 5.41) is 24.3. The Kier molecular flexibility index (Phi) is 6.63. The Morgan fingerprint density at radius 3 is 2.42 bits per heavy atom. The number of carboxylic acids is 1. The van der Waals surface area contributed by atoms with Gasteiger partial charge >= 0.3 is 5.97 Å². The lowest BCUT2D eigenvalue weighted by Crippen LogP contribution is -2.14. The van der Waals surface area contributed by atoms with Crippen molar-refractivity contribution in [3.05, 3.63) is 71.3 Å². The van der Waals surface area contributed by atoms with Crippen LogP contribution in [0.15, 0.2) is 48.5 Å². The molecule has 8 nitrogen and oxygen atoms in total. The molecule has 0 aliphatic rings. The molecule has 0 spiro atoms. The molecule has 33 heavy (non-hydrogen) atoms. The number of carbonyl (C=O) groups is 1. The van der Waals surface area contributed by atoms with Crippen LogP contribution in [0.1, 0.15) is 54.8 Å². The monoisotopic (exact) mass is 444 g/mol. The number of nitrogens with one attached hydrogen (secondary N) is 1. The number of aromatic nitrogens is 6. The number of imidazole rings is 1. The third-order valence-corrected chi connectivity index (χ3v) is 5.52. The zero-order valence-electron chi connectivity index (χ0n) is 19.1. The van der Waals surface area contributed by atoms with Crippen molar-refractivity contribution < 1.29 is 9.90 Å².